The number of rotatable bonds is 11. The number of alkyl halides is 3. The number of allylic oxidation sites excluding steroid dienone is 2. The van der Waals surface area contributed by atoms with Gasteiger partial charge in [0.25, 0.3) is 5.91 Å². The van der Waals surface area contributed by atoms with Gasteiger partial charge in [-0.3, -0.25) is 19.2 Å². The van der Waals surface area contributed by atoms with Crippen LogP contribution in [0.15, 0.2) is 71.6 Å². The lowest BCUT2D eigenvalue weighted by Crippen LogP contribution is -2.26. The maximum atomic E-state index is 13.8. The Balaban J connectivity index is 1.71. The summed E-state index contributed by atoms with van der Waals surface area (Å²) in [6.07, 6.45) is -1.23. The Labute approximate surface area is 250 Å². The standard InChI is InChI=1S/C31H26F3NO8S/c1-44(41,42)27-16-23(11-12-26(27)43-31(32,33)34)25(36)17-24(22-10-5-18-3-2-4-21(18)15-22)29(39)19-6-8-20(9-7-19)30(40)35-14-13-28(37)38/h5-12,15-17H,2-4,13-14H2,1H3,(H,35,40)(H,37,38)/b24-17-. The molecule has 0 unspecified atom stereocenters. The second-order valence-electron chi connectivity index (χ2n) is 10.0. The van der Waals surface area contributed by atoms with E-state index in [1.54, 1.807) is 12.1 Å². The fourth-order valence-electron chi connectivity index (χ4n) is 4.71. The number of hydrogen-bond donors (Lipinski definition) is 2. The van der Waals surface area contributed by atoms with E-state index in [1.165, 1.54) is 24.3 Å². The number of ether oxygens (including phenoxy) is 1. The van der Waals surface area contributed by atoms with Gasteiger partial charge >= 0.3 is 12.3 Å². The Kier molecular flexibility index (Phi) is 9.38. The summed E-state index contributed by atoms with van der Waals surface area (Å²) >= 11 is 0. The number of fused-ring (bicyclic) bond motifs is 1. The molecule has 230 valence electrons. The van der Waals surface area contributed by atoms with Crippen LogP contribution in [0.25, 0.3) is 5.57 Å². The third-order valence-corrected chi connectivity index (χ3v) is 7.93. The molecule has 0 saturated heterocycles. The molecule has 44 heavy (non-hydrogen) atoms. The summed E-state index contributed by atoms with van der Waals surface area (Å²) in [5.74, 6) is -4.07. The van der Waals surface area contributed by atoms with Crippen LogP contribution in [-0.2, 0) is 27.5 Å². The Morgan fingerprint density at radius 1 is 0.886 bits per heavy atom. The van der Waals surface area contributed by atoms with Gasteiger partial charge in [0.1, 0.15) is 10.6 Å². The fourth-order valence-corrected chi connectivity index (χ4v) is 5.52. The minimum atomic E-state index is -5.17. The van der Waals surface area contributed by atoms with Gasteiger partial charge in [-0.1, -0.05) is 30.3 Å². The van der Waals surface area contributed by atoms with Crippen molar-refractivity contribution in [1.29, 1.82) is 0 Å². The van der Waals surface area contributed by atoms with Gasteiger partial charge in [0.2, 0.25) is 0 Å². The van der Waals surface area contributed by atoms with Crippen LogP contribution in [0.5, 0.6) is 5.75 Å². The van der Waals surface area contributed by atoms with E-state index in [2.05, 4.69) is 10.1 Å². The maximum absolute atomic E-state index is 13.8. The van der Waals surface area contributed by atoms with Crippen molar-refractivity contribution < 1.29 is 50.6 Å². The van der Waals surface area contributed by atoms with E-state index in [0.717, 1.165) is 54.7 Å². The van der Waals surface area contributed by atoms with Crippen molar-refractivity contribution in [3.05, 3.63) is 100 Å². The van der Waals surface area contributed by atoms with Crippen molar-refractivity contribution >= 4 is 38.9 Å². The van der Waals surface area contributed by atoms with E-state index in [0.29, 0.717) is 11.8 Å². The molecule has 1 amide bonds. The predicted octanol–water partition coefficient (Wildman–Crippen LogP) is 4.83. The normalized spacial score (nSPS) is 13.2. The van der Waals surface area contributed by atoms with Crippen LogP contribution >= 0.6 is 0 Å². The lowest BCUT2D eigenvalue weighted by molar-refractivity contribution is -0.275. The number of halogens is 3. The highest BCUT2D eigenvalue weighted by molar-refractivity contribution is 7.90. The number of hydrogen-bond acceptors (Lipinski definition) is 7. The Hall–Kier alpha value is -4.78. The Bertz CT molecular complexity index is 1780. The predicted molar refractivity (Wildman–Crippen MR) is 152 cm³/mol. The number of benzene rings is 3. The van der Waals surface area contributed by atoms with Crippen molar-refractivity contribution in [3.63, 3.8) is 0 Å². The van der Waals surface area contributed by atoms with Gasteiger partial charge in [-0.2, -0.15) is 0 Å². The summed E-state index contributed by atoms with van der Waals surface area (Å²) in [7, 11) is -4.26. The molecular formula is C31H26F3NO8S. The SMILES string of the molecule is CS(=O)(=O)c1cc(C(=O)/C=C(\C(=O)c2ccc(C(=O)NCCC(=O)O)cc2)c2ccc3c(c2)CCC3)ccc1OC(F)(F)F. The molecule has 0 heterocycles. The van der Waals surface area contributed by atoms with Crippen LogP contribution < -0.4 is 10.1 Å². The highest BCUT2D eigenvalue weighted by atomic mass is 32.2. The number of carboxylic acids is 1. The first-order valence-electron chi connectivity index (χ1n) is 13.3. The van der Waals surface area contributed by atoms with Crippen LogP contribution in [0.1, 0.15) is 60.6 Å². The fraction of sp³-hybridized carbons (Fsp3) is 0.226. The number of Topliss-reactive ketones (excluding diaryl/α,β-unsaturated/α-hetero) is 1. The Morgan fingerprint density at radius 2 is 1.50 bits per heavy atom. The smallest absolute Gasteiger partial charge is 0.481 e. The molecule has 0 bridgehead atoms. The van der Waals surface area contributed by atoms with Gasteiger partial charge in [-0.25, -0.2) is 8.42 Å². The topological polar surface area (TPSA) is 144 Å². The highest BCUT2D eigenvalue weighted by Crippen LogP contribution is 2.32. The quantitative estimate of drug-likeness (QED) is 0.227. The van der Waals surface area contributed by atoms with Gasteiger partial charge in [-0.15, -0.1) is 13.2 Å². The minimum absolute atomic E-state index is 0.0557. The molecule has 0 spiro atoms. The number of amides is 1. The zero-order valence-corrected chi connectivity index (χ0v) is 24.0. The summed E-state index contributed by atoms with van der Waals surface area (Å²) in [5.41, 5.74) is 2.43. The molecule has 3 aromatic rings. The lowest BCUT2D eigenvalue weighted by Gasteiger charge is -2.13. The van der Waals surface area contributed by atoms with E-state index in [-0.39, 0.29) is 35.2 Å². The molecular weight excluding hydrogens is 603 g/mol. The monoisotopic (exact) mass is 629 g/mol. The molecule has 0 aliphatic heterocycles. The zero-order valence-electron chi connectivity index (χ0n) is 23.2. The number of aliphatic carboxylic acids is 1. The first-order chi connectivity index (χ1) is 20.6. The molecule has 1 aliphatic rings. The number of aryl methyl sites for hydroxylation is 2. The molecule has 2 N–H and O–H groups in total. The number of nitrogens with one attached hydrogen (secondary N) is 1. The highest BCUT2D eigenvalue weighted by Gasteiger charge is 2.34. The van der Waals surface area contributed by atoms with Crippen LogP contribution in [-0.4, -0.2) is 56.1 Å². The van der Waals surface area contributed by atoms with E-state index in [1.807, 2.05) is 6.07 Å². The molecule has 4 rings (SSSR count). The molecule has 0 fully saturated rings. The molecule has 0 saturated carbocycles. The third kappa shape index (κ3) is 7.98. The van der Waals surface area contributed by atoms with Crippen molar-refractivity contribution in [2.45, 2.75) is 36.9 Å². The van der Waals surface area contributed by atoms with Gasteiger partial charge in [0.05, 0.1) is 6.42 Å². The van der Waals surface area contributed by atoms with Crippen LogP contribution in [0.4, 0.5) is 13.2 Å². The average Bonchev–Trinajstić information content (AvgIpc) is 3.42. The Morgan fingerprint density at radius 3 is 2.14 bits per heavy atom. The van der Waals surface area contributed by atoms with Crippen molar-refractivity contribution in [1.82, 2.24) is 5.32 Å². The molecule has 0 radical (unpaired) electrons. The van der Waals surface area contributed by atoms with Crippen molar-refractivity contribution in [2.24, 2.45) is 0 Å². The summed E-state index contributed by atoms with van der Waals surface area (Å²) < 4.78 is 66.9. The van der Waals surface area contributed by atoms with Gasteiger partial charge in [-0.05, 0) is 72.4 Å². The largest absolute Gasteiger partial charge is 0.573 e. The van der Waals surface area contributed by atoms with Crippen molar-refractivity contribution in [3.8, 4) is 5.75 Å². The third-order valence-electron chi connectivity index (χ3n) is 6.82. The van der Waals surface area contributed by atoms with E-state index >= 15 is 0 Å². The van der Waals surface area contributed by atoms with E-state index < -0.39 is 50.3 Å². The molecule has 0 atom stereocenters. The second kappa shape index (κ2) is 12.8. The first-order valence-corrected chi connectivity index (χ1v) is 15.1. The van der Waals surface area contributed by atoms with Crippen LogP contribution in [0, 0.1) is 0 Å². The second-order valence-corrected chi connectivity index (χ2v) is 12.0. The summed E-state index contributed by atoms with van der Waals surface area (Å²) in [4.78, 5) is 49.3. The van der Waals surface area contributed by atoms with Gasteiger partial charge in [0.15, 0.2) is 21.4 Å². The van der Waals surface area contributed by atoms with E-state index in [4.69, 9.17) is 5.11 Å². The summed E-state index contributed by atoms with van der Waals surface area (Å²) in [6, 6.07) is 13.2. The van der Waals surface area contributed by atoms with E-state index in [9.17, 15) is 40.8 Å². The van der Waals surface area contributed by atoms with Crippen LogP contribution in [0.3, 0.4) is 0 Å². The molecule has 9 nitrogen and oxygen atoms in total. The number of carboxylic acid groups (broad SMARTS) is 1. The molecule has 3 aromatic carbocycles. The zero-order chi connectivity index (χ0) is 32.2. The van der Waals surface area contributed by atoms with Gasteiger partial charge in [0, 0.05) is 35.1 Å². The summed E-state index contributed by atoms with van der Waals surface area (Å²) in [6.45, 7) is -0.0907. The van der Waals surface area contributed by atoms with Gasteiger partial charge < -0.3 is 15.2 Å². The summed E-state index contributed by atoms with van der Waals surface area (Å²) in [5, 5.41) is 11.2. The number of carbonyl (C=O) groups is 4. The first kappa shape index (κ1) is 32.1. The molecule has 0 aromatic heterocycles. The maximum Gasteiger partial charge on any atom is 0.573 e. The van der Waals surface area contributed by atoms with Crippen molar-refractivity contribution in [2.75, 3.05) is 12.8 Å². The number of sulfone groups is 1. The average molecular weight is 630 g/mol. The minimum Gasteiger partial charge on any atom is -0.481 e. The number of ketones is 2. The van der Waals surface area contributed by atoms with Crippen LogP contribution in [0.2, 0.25) is 0 Å². The molecule has 13 heteroatoms. The number of carbonyl (C=O) groups excluding carboxylic acids is 3. The lowest BCUT2D eigenvalue weighted by atomic mass is 9.92. The molecule has 1 aliphatic carbocycles.